The number of rotatable bonds is 5. The van der Waals surface area contributed by atoms with Crippen LogP contribution in [0.25, 0.3) is 0 Å². The Bertz CT molecular complexity index is 1050. The Hall–Kier alpha value is -2.82. The molecule has 0 spiro atoms. The zero-order valence-electron chi connectivity index (χ0n) is 16.3. The van der Waals surface area contributed by atoms with Crippen molar-refractivity contribution in [1.82, 2.24) is 9.79 Å². The van der Waals surface area contributed by atoms with E-state index < -0.39 is 15.9 Å². The topological polar surface area (TPSA) is 114 Å². The molecule has 9 nitrogen and oxygen atoms in total. The molecular weight excluding hydrogens is 412 g/mol. The Morgan fingerprint density at radius 1 is 1.13 bits per heavy atom. The second-order valence-corrected chi connectivity index (χ2v) is 9.05. The molecule has 1 fully saturated rings. The van der Waals surface area contributed by atoms with Gasteiger partial charge in [-0.2, -0.15) is 4.31 Å². The molecule has 0 aromatic heterocycles. The van der Waals surface area contributed by atoms with E-state index in [2.05, 4.69) is 0 Å². The van der Waals surface area contributed by atoms with Crippen LogP contribution in [-0.4, -0.2) is 49.8 Å². The highest BCUT2D eigenvalue weighted by atomic mass is 32.2. The van der Waals surface area contributed by atoms with E-state index in [4.69, 9.17) is 19.4 Å². The second kappa shape index (κ2) is 8.13. The molecule has 1 amide bonds. The number of ether oxygens (including phenoxy) is 3. The van der Waals surface area contributed by atoms with Crippen molar-refractivity contribution in [2.75, 3.05) is 19.9 Å². The number of fused-ring (bicyclic) bond motifs is 1. The Kier molecular flexibility index (Phi) is 5.54. The average molecular weight is 434 g/mol. The number of hydrogen-bond acceptors (Lipinski definition) is 7. The Morgan fingerprint density at radius 3 is 2.50 bits per heavy atom. The molecule has 2 aliphatic heterocycles. The minimum atomic E-state index is -4.00. The summed E-state index contributed by atoms with van der Waals surface area (Å²) in [6.07, 6.45) is 0.925. The van der Waals surface area contributed by atoms with E-state index in [0.717, 1.165) is 11.3 Å². The van der Waals surface area contributed by atoms with E-state index in [-0.39, 0.29) is 47.9 Å². The van der Waals surface area contributed by atoms with Gasteiger partial charge < -0.3 is 14.2 Å². The fraction of sp³-hybridized carbons (Fsp3) is 0.350. The molecule has 0 saturated carbocycles. The summed E-state index contributed by atoms with van der Waals surface area (Å²) in [6.45, 7) is 2.35. The number of nitrogens with one attached hydrogen (secondary N) is 1. The summed E-state index contributed by atoms with van der Waals surface area (Å²) in [5, 5.41) is 9.09. The maximum Gasteiger partial charge on any atom is 0.279 e. The number of sulfonamides is 1. The number of carbonyl (C=O) groups excluding carboxylic acids is 1. The number of carbonyl (C=O) groups is 1. The highest BCUT2D eigenvalue weighted by molar-refractivity contribution is 7.89. The summed E-state index contributed by atoms with van der Waals surface area (Å²) in [5.74, 6) is 0.0195. The molecule has 2 aromatic rings. The van der Waals surface area contributed by atoms with Crippen LogP contribution in [0.15, 0.2) is 41.3 Å². The molecule has 0 aliphatic carbocycles. The standard InChI is InChI=1S/C20H22N2O7S/c1-13-2-4-14(5-3-13)29-15-8-10-22(11-9-15)30(25,26)17-7-6-16-19(28-12-27-16)18(17)20(23)21-24/h2-7,15,24H,8-12H2,1H3,(H,21,23). The summed E-state index contributed by atoms with van der Waals surface area (Å²) < 4.78 is 44.3. The zero-order valence-corrected chi connectivity index (χ0v) is 17.1. The Morgan fingerprint density at radius 2 is 1.83 bits per heavy atom. The maximum absolute atomic E-state index is 13.3. The van der Waals surface area contributed by atoms with Gasteiger partial charge in [0, 0.05) is 13.1 Å². The summed E-state index contributed by atoms with van der Waals surface area (Å²) in [6, 6.07) is 10.4. The molecule has 2 N–H and O–H groups in total. The number of amides is 1. The molecule has 0 unspecified atom stereocenters. The lowest BCUT2D eigenvalue weighted by Gasteiger charge is -2.31. The SMILES string of the molecule is Cc1ccc(OC2CCN(S(=O)(=O)c3ccc4c(c3C(=O)NO)OCO4)CC2)cc1. The van der Waals surface area contributed by atoms with Crippen LogP contribution in [0.3, 0.4) is 0 Å². The van der Waals surface area contributed by atoms with Crippen LogP contribution in [0.4, 0.5) is 0 Å². The van der Waals surface area contributed by atoms with E-state index >= 15 is 0 Å². The van der Waals surface area contributed by atoms with Gasteiger partial charge in [0.05, 0.1) is 4.90 Å². The molecule has 0 bridgehead atoms. The molecule has 1 saturated heterocycles. The van der Waals surface area contributed by atoms with Gasteiger partial charge in [-0.3, -0.25) is 10.0 Å². The monoisotopic (exact) mass is 434 g/mol. The molecular formula is C20H22N2O7S. The van der Waals surface area contributed by atoms with Crippen molar-refractivity contribution in [3.8, 4) is 17.2 Å². The first-order chi connectivity index (χ1) is 14.4. The molecule has 2 aliphatic rings. The predicted octanol–water partition coefficient (Wildman–Crippen LogP) is 2.07. The average Bonchev–Trinajstić information content (AvgIpc) is 3.23. The van der Waals surface area contributed by atoms with E-state index in [1.807, 2.05) is 31.2 Å². The summed E-state index contributed by atoms with van der Waals surface area (Å²) in [4.78, 5) is 12.0. The molecule has 160 valence electrons. The quantitative estimate of drug-likeness (QED) is 0.547. The van der Waals surface area contributed by atoms with Crippen LogP contribution in [0, 0.1) is 6.92 Å². The van der Waals surface area contributed by atoms with E-state index in [0.29, 0.717) is 12.8 Å². The van der Waals surface area contributed by atoms with Crippen molar-refractivity contribution in [3.63, 3.8) is 0 Å². The lowest BCUT2D eigenvalue weighted by atomic mass is 10.1. The minimum Gasteiger partial charge on any atom is -0.490 e. The smallest absolute Gasteiger partial charge is 0.279 e. The first-order valence-corrected chi connectivity index (χ1v) is 10.9. The van der Waals surface area contributed by atoms with Crippen LogP contribution in [0.2, 0.25) is 0 Å². The second-order valence-electron chi connectivity index (χ2n) is 7.15. The van der Waals surface area contributed by atoms with E-state index in [1.165, 1.54) is 21.9 Å². The summed E-state index contributed by atoms with van der Waals surface area (Å²) >= 11 is 0. The number of nitrogens with zero attached hydrogens (tertiary/aromatic N) is 1. The van der Waals surface area contributed by atoms with Gasteiger partial charge in [0.15, 0.2) is 11.5 Å². The van der Waals surface area contributed by atoms with Crippen LogP contribution in [0.5, 0.6) is 17.2 Å². The molecule has 2 heterocycles. The first-order valence-electron chi connectivity index (χ1n) is 9.50. The molecule has 2 aromatic carbocycles. The number of aryl methyl sites for hydroxylation is 1. The summed E-state index contributed by atoms with van der Waals surface area (Å²) in [7, 11) is -4.00. The van der Waals surface area contributed by atoms with Crippen molar-refractivity contribution >= 4 is 15.9 Å². The van der Waals surface area contributed by atoms with Crippen molar-refractivity contribution in [1.29, 1.82) is 0 Å². The Labute approximate surface area is 174 Å². The molecule has 10 heteroatoms. The van der Waals surface area contributed by atoms with E-state index in [9.17, 15) is 13.2 Å². The van der Waals surface area contributed by atoms with Crippen molar-refractivity contribution < 1.29 is 32.6 Å². The fourth-order valence-electron chi connectivity index (χ4n) is 3.58. The fourth-order valence-corrected chi connectivity index (χ4v) is 5.23. The van der Waals surface area contributed by atoms with Crippen LogP contribution < -0.4 is 19.7 Å². The Balaban J connectivity index is 1.53. The normalized spacial score (nSPS) is 17.0. The first kappa shape index (κ1) is 20.5. The number of hydroxylamine groups is 1. The van der Waals surface area contributed by atoms with Gasteiger partial charge in [-0.05, 0) is 44.0 Å². The largest absolute Gasteiger partial charge is 0.490 e. The van der Waals surface area contributed by atoms with Crippen molar-refractivity contribution in [2.45, 2.75) is 30.8 Å². The number of piperidine rings is 1. The summed E-state index contributed by atoms with van der Waals surface area (Å²) in [5.41, 5.74) is 2.35. The van der Waals surface area contributed by atoms with Crippen LogP contribution in [0.1, 0.15) is 28.8 Å². The van der Waals surface area contributed by atoms with Gasteiger partial charge in [0.1, 0.15) is 17.4 Å². The third-order valence-electron chi connectivity index (χ3n) is 5.17. The third kappa shape index (κ3) is 3.81. The van der Waals surface area contributed by atoms with Gasteiger partial charge >= 0.3 is 0 Å². The van der Waals surface area contributed by atoms with Gasteiger partial charge in [-0.25, -0.2) is 13.9 Å². The van der Waals surface area contributed by atoms with Crippen LogP contribution in [-0.2, 0) is 10.0 Å². The zero-order chi connectivity index (χ0) is 21.3. The van der Waals surface area contributed by atoms with E-state index in [1.54, 1.807) is 0 Å². The molecule has 0 atom stereocenters. The number of hydrogen-bond donors (Lipinski definition) is 2. The van der Waals surface area contributed by atoms with Gasteiger partial charge in [-0.15, -0.1) is 0 Å². The van der Waals surface area contributed by atoms with Crippen molar-refractivity contribution in [3.05, 3.63) is 47.5 Å². The highest BCUT2D eigenvalue weighted by Gasteiger charge is 2.36. The predicted molar refractivity (Wildman–Crippen MR) is 105 cm³/mol. The van der Waals surface area contributed by atoms with Crippen molar-refractivity contribution in [2.24, 2.45) is 0 Å². The lowest BCUT2D eigenvalue weighted by molar-refractivity contribution is 0.0697. The van der Waals surface area contributed by atoms with Gasteiger partial charge in [0.25, 0.3) is 5.91 Å². The van der Waals surface area contributed by atoms with Crippen LogP contribution >= 0.6 is 0 Å². The van der Waals surface area contributed by atoms with Gasteiger partial charge in [-0.1, -0.05) is 17.7 Å². The molecule has 0 radical (unpaired) electrons. The number of benzene rings is 2. The molecule has 4 rings (SSSR count). The molecule has 30 heavy (non-hydrogen) atoms. The maximum atomic E-state index is 13.3. The lowest BCUT2D eigenvalue weighted by Crippen LogP contribution is -2.42. The highest BCUT2D eigenvalue weighted by Crippen LogP contribution is 2.40. The van der Waals surface area contributed by atoms with Gasteiger partial charge in [0.2, 0.25) is 16.8 Å². The third-order valence-corrected chi connectivity index (χ3v) is 7.11. The minimum absolute atomic E-state index is 0.000199.